The molecule has 2 aliphatic carbocycles. The molecular weight excluding hydrogens is 428 g/mol. The molecule has 0 radical (unpaired) electrons. The Kier molecular flexibility index (Phi) is 3.11. The summed E-state index contributed by atoms with van der Waals surface area (Å²) in [5.41, 5.74) is 16.1. The highest BCUT2D eigenvalue weighted by atomic mass is 15.1. The Hall–Kier alpha value is -4.57. The van der Waals surface area contributed by atoms with Crippen LogP contribution in [0, 0.1) is 0 Å². The van der Waals surface area contributed by atoms with Crippen LogP contribution in [-0.2, 0) is 12.8 Å². The summed E-state index contributed by atoms with van der Waals surface area (Å²) >= 11 is 0. The molecular formula is C31H18N4. The zero-order chi connectivity index (χ0) is 22.7. The average Bonchev–Trinajstić information content (AvgIpc) is 3.59. The first-order valence-corrected chi connectivity index (χ1v) is 12.1. The molecule has 0 atom stereocenters. The van der Waals surface area contributed by atoms with Gasteiger partial charge in [-0.05, 0) is 81.3 Å². The van der Waals surface area contributed by atoms with Crippen LogP contribution in [0.15, 0.2) is 85.2 Å². The van der Waals surface area contributed by atoms with Gasteiger partial charge < -0.3 is 0 Å². The summed E-state index contributed by atoms with van der Waals surface area (Å²) in [6.07, 6.45) is 5.63. The molecule has 4 heterocycles. The number of hydrogen-bond donors (Lipinski definition) is 0. The van der Waals surface area contributed by atoms with E-state index in [-0.39, 0.29) is 0 Å². The molecule has 0 fully saturated rings. The molecule has 0 saturated carbocycles. The van der Waals surface area contributed by atoms with E-state index in [0.717, 1.165) is 51.5 Å². The lowest BCUT2D eigenvalue weighted by Gasteiger charge is -2.08. The number of fused-ring (bicyclic) bond motifs is 16. The number of benzene rings is 3. The Bertz CT molecular complexity index is 2070. The highest BCUT2D eigenvalue weighted by Crippen LogP contribution is 2.49. The van der Waals surface area contributed by atoms with Crippen molar-refractivity contribution >= 4 is 38.6 Å². The Morgan fingerprint density at radius 2 is 1.37 bits per heavy atom. The fraction of sp³-hybridized carbons (Fsp3) is 0.0645. The van der Waals surface area contributed by atoms with Gasteiger partial charge in [-0.2, -0.15) is 0 Å². The summed E-state index contributed by atoms with van der Waals surface area (Å²) < 4.78 is 2.22. The molecule has 0 N–H and O–H groups in total. The number of nitrogens with zero attached hydrogens (tertiary/aromatic N) is 4. The van der Waals surface area contributed by atoms with Gasteiger partial charge in [-0.1, -0.05) is 42.5 Å². The van der Waals surface area contributed by atoms with E-state index >= 15 is 0 Å². The van der Waals surface area contributed by atoms with Gasteiger partial charge in [0, 0.05) is 29.6 Å². The van der Waals surface area contributed by atoms with E-state index in [2.05, 4.69) is 65.1 Å². The SMILES string of the molecule is c1ccc2c(c1)Cc1ccc3c(c1-2)Cc1c-3ccc2c1nc1c3cccnc3c3cccnc3n21. The first-order valence-electron chi connectivity index (χ1n) is 12.1. The van der Waals surface area contributed by atoms with Gasteiger partial charge in [-0.25, -0.2) is 9.97 Å². The van der Waals surface area contributed by atoms with Crippen molar-refractivity contribution in [3.63, 3.8) is 0 Å². The highest BCUT2D eigenvalue weighted by molar-refractivity contribution is 6.11. The van der Waals surface area contributed by atoms with E-state index in [0.29, 0.717) is 0 Å². The van der Waals surface area contributed by atoms with Crippen molar-refractivity contribution in [3.8, 4) is 22.3 Å². The van der Waals surface area contributed by atoms with E-state index in [9.17, 15) is 0 Å². The van der Waals surface area contributed by atoms with Crippen LogP contribution < -0.4 is 0 Å². The first-order chi connectivity index (χ1) is 17.4. The van der Waals surface area contributed by atoms with Crippen LogP contribution in [-0.4, -0.2) is 19.4 Å². The molecule has 4 heteroatoms. The molecule has 35 heavy (non-hydrogen) atoms. The van der Waals surface area contributed by atoms with Gasteiger partial charge >= 0.3 is 0 Å². The maximum absolute atomic E-state index is 5.27. The monoisotopic (exact) mass is 446 g/mol. The molecule has 0 amide bonds. The van der Waals surface area contributed by atoms with Crippen molar-refractivity contribution in [2.75, 3.05) is 0 Å². The summed E-state index contributed by atoms with van der Waals surface area (Å²) in [5.74, 6) is 0. The number of aromatic nitrogens is 4. The summed E-state index contributed by atoms with van der Waals surface area (Å²) in [4.78, 5) is 14.7. The van der Waals surface area contributed by atoms with Gasteiger partial charge in [0.05, 0.1) is 16.6 Å². The van der Waals surface area contributed by atoms with E-state index in [4.69, 9.17) is 15.0 Å². The van der Waals surface area contributed by atoms with Crippen LogP contribution in [0.5, 0.6) is 0 Å². The fourth-order valence-corrected chi connectivity index (χ4v) is 6.50. The molecule has 9 rings (SSSR count). The maximum atomic E-state index is 5.27. The molecule has 0 saturated heterocycles. The predicted molar refractivity (Wildman–Crippen MR) is 140 cm³/mol. The molecule has 0 bridgehead atoms. The lowest BCUT2D eigenvalue weighted by molar-refractivity contribution is 1.23. The molecule has 0 spiro atoms. The van der Waals surface area contributed by atoms with E-state index in [1.807, 2.05) is 24.5 Å². The summed E-state index contributed by atoms with van der Waals surface area (Å²) in [6.45, 7) is 0. The normalized spacial score (nSPS) is 13.5. The first kappa shape index (κ1) is 17.8. The van der Waals surface area contributed by atoms with Crippen molar-refractivity contribution in [2.24, 2.45) is 0 Å². The molecule has 4 nitrogen and oxygen atoms in total. The van der Waals surface area contributed by atoms with Gasteiger partial charge in [0.15, 0.2) is 0 Å². The Balaban J connectivity index is 1.39. The van der Waals surface area contributed by atoms with Crippen LogP contribution in [0.3, 0.4) is 0 Å². The molecule has 0 unspecified atom stereocenters. The Morgan fingerprint density at radius 1 is 0.571 bits per heavy atom. The number of pyridine rings is 3. The van der Waals surface area contributed by atoms with E-state index < -0.39 is 0 Å². The second kappa shape index (κ2) is 6.10. The number of imidazole rings is 1. The second-order valence-corrected chi connectivity index (χ2v) is 9.64. The van der Waals surface area contributed by atoms with Crippen LogP contribution in [0.2, 0.25) is 0 Å². The minimum absolute atomic E-state index is 0.904. The van der Waals surface area contributed by atoms with Crippen molar-refractivity contribution < 1.29 is 0 Å². The van der Waals surface area contributed by atoms with Crippen molar-refractivity contribution in [1.82, 2.24) is 19.4 Å². The smallest absolute Gasteiger partial charge is 0.149 e. The largest absolute Gasteiger partial charge is 0.276 e. The van der Waals surface area contributed by atoms with Crippen molar-refractivity contribution in [2.45, 2.75) is 12.8 Å². The van der Waals surface area contributed by atoms with Crippen LogP contribution in [0.25, 0.3) is 60.9 Å². The number of rotatable bonds is 0. The molecule has 3 aromatic carbocycles. The van der Waals surface area contributed by atoms with E-state index in [1.54, 1.807) is 0 Å². The third-order valence-corrected chi connectivity index (χ3v) is 7.94. The van der Waals surface area contributed by atoms with Gasteiger partial charge in [-0.15, -0.1) is 0 Å². The standard InChI is InChI=1S/C31H18N4/c1-2-6-19-17(5-1)15-18-9-10-20-21-11-12-26-29(25(21)16-24(20)27(18)19)34-31-23-8-3-13-32-28(23)22-7-4-14-33-30(22)35(26)31/h1-14H,15-16H2. The van der Waals surface area contributed by atoms with Crippen LogP contribution >= 0.6 is 0 Å². The summed E-state index contributed by atoms with van der Waals surface area (Å²) in [6, 6.07) is 26.2. The van der Waals surface area contributed by atoms with Gasteiger partial charge in [0.25, 0.3) is 0 Å². The topological polar surface area (TPSA) is 43.1 Å². The Labute approximate surface area is 200 Å². The minimum atomic E-state index is 0.904. The van der Waals surface area contributed by atoms with E-state index in [1.165, 1.54) is 44.5 Å². The van der Waals surface area contributed by atoms with Crippen LogP contribution in [0.1, 0.15) is 22.3 Å². The summed E-state index contributed by atoms with van der Waals surface area (Å²) in [7, 11) is 0. The predicted octanol–water partition coefficient (Wildman–Crippen LogP) is 6.73. The van der Waals surface area contributed by atoms with Gasteiger partial charge in [0.1, 0.15) is 11.3 Å². The molecule has 162 valence electrons. The second-order valence-electron chi connectivity index (χ2n) is 9.64. The van der Waals surface area contributed by atoms with Gasteiger partial charge in [-0.3, -0.25) is 9.38 Å². The molecule has 4 aromatic heterocycles. The van der Waals surface area contributed by atoms with Crippen molar-refractivity contribution in [3.05, 3.63) is 107 Å². The fourth-order valence-electron chi connectivity index (χ4n) is 6.50. The quantitative estimate of drug-likeness (QED) is 0.243. The molecule has 2 aliphatic rings. The third-order valence-electron chi connectivity index (χ3n) is 7.94. The minimum Gasteiger partial charge on any atom is -0.276 e. The number of hydrogen-bond acceptors (Lipinski definition) is 3. The zero-order valence-electron chi connectivity index (χ0n) is 18.8. The van der Waals surface area contributed by atoms with Gasteiger partial charge in [0.2, 0.25) is 0 Å². The average molecular weight is 447 g/mol. The third kappa shape index (κ3) is 2.11. The molecule has 0 aliphatic heterocycles. The summed E-state index contributed by atoms with van der Waals surface area (Å²) in [5, 5.41) is 2.11. The zero-order valence-corrected chi connectivity index (χ0v) is 18.8. The lowest BCUT2D eigenvalue weighted by Crippen LogP contribution is -1.94. The Morgan fingerprint density at radius 3 is 2.31 bits per heavy atom. The molecule has 7 aromatic rings. The maximum Gasteiger partial charge on any atom is 0.149 e. The van der Waals surface area contributed by atoms with Crippen molar-refractivity contribution in [1.29, 1.82) is 0 Å². The highest BCUT2D eigenvalue weighted by Gasteiger charge is 2.30. The van der Waals surface area contributed by atoms with Crippen LogP contribution in [0.4, 0.5) is 0 Å². The lowest BCUT2D eigenvalue weighted by atomic mass is 9.95.